The van der Waals surface area contributed by atoms with E-state index in [2.05, 4.69) is 43.4 Å². The zero-order chi connectivity index (χ0) is 12.8. The molecule has 2 rings (SSSR count). The van der Waals surface area contributed by atoms with Gasteiger partial charge in [0.2, 0.25) is 0 Å². The van der Waals surface area contributed by atoms with Crippen molar-refractivity contribution < 1.29 is 4.74 Å². The zero-order valence-electron chi connectivity index (χ0n) is 11.6. The second-order valence-corrected chi connectivity index (χ2v) is 5.08. The van der Waals surface area contributed by atoms with Crippen LogP contribution in [0.1, 0.15) is 50.3 Å². The molecule has 1 fully saturated rings. The Kier molecular flexibility index (Phi) is 5.21. The summed E-state index contributed by atoms with van der Waals surface area (Å²) in [6.45, 7) is 6.33. The average molecular weight is 247 g/mol. The molecular formula is C16H25NO. The molecule has 1 aromatic rings. The van der Waals surface area contributed by atoms with E-state index in [0.29, 0.717) is 12.1 Å². The molecule has 100 valence electrons. The molecule has 1 saturated heterocycles. The van der Waals surface area contributed by atoms with Gasteiger partial charge in [0.15, 0.2) is 0 Å². The Morgan fingerprint density at radius 2 is 2.28 bits per heavy atom. The highest BCUT2D eigenvalue weighted by Gasteiger charge is 2.21. The number of rotatable bonds is 6. The second kappa shape index (κ2) is 6.91. The van der Waals surface area contributed by atoms with Crippen LogP contribution in [0, 0.1) is 0 Å². The van der Waals surface area contributed by atoms with Crippen molar-refractivity contribution in [2.75, 3.05) is 13.2 Å². The van der Waals surface area contributed by atoms with Crippen molar-refractivity contribution in [3.63, 3.8) is 0 Å². The molecule has 2 nitrogen and oxygen atoms in total. The Hall–Kier alpha value is -0.860. The zero-order valence-corrected chi connectivity index (χ0v) is 11.6. The topological polar surface area (TPSA) is 21.3 Å². The van der Waals surface area contributed by atoms with Crippen molar-refractivity contribution in [2.45, 2.75) is 51.7 Å². The van der Waals surface area contributed by atoms with Gasteiger partial charge >= 0.3 is 0 Å². The Balaban J connectivity index is 2.06. The van der Waals surface area contributed by atoms with Crippen LogP contribution in [0.25, 0.3) is 0 Å². The van der Waals surface area contributed by atoms with E-state index in [0.717, 1.165) is 26.0 Å². The van der Waals surface area contributed by atoms with E-state index in [9.17, 15) is 0 Å². The maximum atomic E-state index is 5.77. The molecule has 0 bridgehead atoms. The van der Waals surface area contributed by atoms with Gasteiger partial charge in [-0.1, -0.05) is 38.1 Å². The lowest BCUT2D eigenvalue weighted by molar-refractivity contribution is 0.0947. The SMILES string of the molecule is CCNC(CC1CCCO1)c1cccc(CC)c1. The van der Waals surface area contributed by atoms with Crippen LogP contribution in [0.5, 0.6) is 0 Å². The van der Waals surface area contributed by atoms with Crippen molar-refractivity contribution in [2.24, 2.45) is 0 Å². The van der Waals surface area contributed by atoms with Crippen LogP contribution in [-0.4, -0.2) is 19.3 Å². The maximum Gasteiger partial charge on any atom is 0.0594 e. The van der Waals surface area contributed by atoms with Crippen LogP contribution in [0.15, 0.2) is 24.3 Å². The number of nitrogens with one attached hydrogen (secondary N) is 1. The van der Waals surface area contributed by atoms with Gasteiger partial charge in [-0.25, -0.2) is 0 Å². The molecule has 1 N–H and O–H groups in total. The number of benzene rings is 1. The summed E-state index contributed by atoms with van der Waals surface area (Å²) in [4.78, 5) is 0. The van der Waals surface area contributed by atoms with E-state index < -0.39 is 0 Å². The quantitative estimate of drug-likeness (QED) is 0.831. The minimum absolute atomic E-state index is 0.435. The van der Waals surface area contributed by atoms with E-state index >= 15 is 0 Å². The van der Waals surface area contributed by atoms with Gasteiger partial charge in [0.25, 0.3) is 0 Å². The molecule has 0 aliphatic carbocycles. The third-order valence-corrected chi connectivity index (χ3v) is 3.73. The molecule has 2 unspecified atom stereocenters. The second-order valence-electron chi connectivity index (χ2n) is 5.08. The molecule has 0 saturated carbocycles. The average Bonchev–Trinajstić information content (AvgIpc) is 2.91. The molecule has 0 aromatic heterocycles. The lowest BCUT2D eigenvalue weighted by atomic mass is 9.97. The highest BCUT2D eigenvalue weighted by molar-refractivity contribution is 5.26. The summed E-state index contributed by atoms with van der Waals surface area (Å²) in [7, 11) is 0. The Morgan fingerprint density at radius 1 is 1.39 bits per heavy atom. The van der Waals surface area contributed by atoms with E-state index in [-0.39, 0.29) is 0 Å². The van der Waals surface area contributed by atoms with Gasteiger partial charge < -0.3 is 10.1 Å². The van der Waals surface area contributed by atoms with Crippen LogP contribution in [-0.2, 0) is 11.2 Å². The summed E-state index contributed by atoms with van der Waals surface area (Å²) in [5.41, 5.74) is 2.83. The number of hydrogen-bond acceptors (Lipinski definition) is 2. The van der Waals surface area contributed by atoms with Gasteiger partial charge in [0, 0.05) is 12.6 Å². The van der Waals surface area contributed by atoms with Gasteiger partial charge in [-0.05, 0) is 43.4 Å². The molecular weight excluding hydrogens is 222 g/mol. The summed E-state index contributed by atoms with van der Waals surface area (Å²) >= 11 is 0. The monoisotopic (exact) mass is 247 g/mol. The Morgan fingerprint density at radius 3 is 2.94 bits per heavy atom. The molecule has 1 heterocycles. The van der Waals surface area contributed by atoms with Crippen LogP contribution in [0.4, 0.5) is 0 Å². The predicted octanol–water partition coefficient (Wildman–Crippen LogP) is 3.47. The van der Waals surface area contributed by atoms with E-state index in [4.69, 9.17) is 4.74 Å². The van der Waals surface area contributed by atoms with E-state index in [1.807, 2.05) is 0 Å². The van der Waals surface area contributed by atoms with Crippen molar-refractivity contribution in [1.82, 2.24) is 5.32 Å². The van der Waals surface area contributed by atoms with Crippen LogP contribution in [0.3, 0.4) is 0 Å². The third kappa shape index (κ3) is 3.56. The van der Waals surface area contributed by atoms with Gasteiger partial charge in [0.05, 0.1) is 6.10 Å². The van der Waals surface area contributed by atoms with Gasteiger partial charge in [-0.2, -0.15) is 0 Å². The standard InChI is InChI=1S/C16H25NO/c1-3-13-7-5-8-14(11-13)16(17-4-2)12-15-9-6-10-18-15/h5,7-8,11,15-17H,3-4,6,9-10,12H2,1-2H3. The van der Waals surface area contributed by atoms with Crippen molar-refractivity contribution >= 4 is 0 Å². The fraction of sp³-hybridized carbons (Fsp3) is 0.625. The minimum Gasteiger partial charge on any atom is -0.378 e. The third-order valence-electron chi connectivity index (χ3n) is 3.73. The minimum atomic E-state index is 0.435. The highest BCUT2D eigenvalue weighted by atomic mass is 16.5. The highest BCUT2D eigenvalue weighted by Crippen LogP contribution is 2.25. The first-order valence-electron chi connectivity index (χ1n) is 7.27. The van der Waals surface area contributed by atoms with Gasteiger partial charge in [-0.15, -0.1) is 0 Å². The normalized spacial score (nSPS) is 21.1. The fourth-order valence-electron chi connectivity index (χ4n) is 2.71. The Bertz CT molecular complexity index is 358. The number of aryl methyl sites for hydroxylation is 1. The Labute approximate surface area is 111 Å². The smallest absolute Gasteiger partial charge is 0.0594 e. The maximum absolute atomic E-state index is 5.77. The summed E-state index contributed by atoms with van der Waals surface area (Å²) < 4.78 is 5.77. The molecule has 1 aliphatic rings. The van der Waals surface area contributed by atoms with Gasteiger partial charge in [0.1, 0.15) is 0 Å². The summed E-state index contributed by atoms with van der Waals surface area (Å²) in [6, 6.07) is 9.39. The van der Waals surface area contributed by atoms with Gasteiger partial charge in [-0.3, -0.25) is 0 Å². The molecule has 0 spiro atoms. The predicted molar refractivity (Wildman–Crippen MR) is 75.8 cm³/mol. The first-order valence-corrected chi connectivity index (χ1v) is 7.27. The first kappa shape index (κ1) is 13.6. The van der Waals surface area contributed by atoms with Crippen LogP contribution >= 0.6 is 0 Å². The van der Waals surface area contributed by atoms with E-state index in [1.54, 1.807) is 0 Å². The molecule has 2 heteroatoms. The van der Waals surface area contributed by atoms with Crippen LogP contribution in [0.2, 0.25) is 0 Å². The molecule has 2 atom stereocenters. The molecule has 18 heavy (non-hydrogen) atoms. The van der Waals surface area contributed by atoms with E-state index in [1.165, 1.54) is 24.0 Å². The van der Waals surface area contributed by atoms with Crippen molar-refractivity contribution in [3.8, 4) is 0 Å². The lowest BCUT2D eigenvalue weighted by Crippen LogP contribution is -2.25. The molecule has 1 aliphatic heterocycles. The molecule has 1 aromatic carbocycles. The van der Waals surface area contributed by atoms with Crippen LogP contribution < -0.4 is 5.32 Å². The summed E-state index contributed by atoms with van der Waals surface area (Å²) in [5, 5.41) is 3.60. The summed E-state index contributed by atoms with van der Waals surface area (Å²) in [6.07, 6.45) is 5.08. The fourth-order valence-corrected chi connectivity index (χ4v) is 2.71. The number of hydrogen-bond donors (Lipinski definition) is 1. The van der Waals surface area contributed by atoms with Crippen molar-refractivity contribution in [3.05, 3.63) is 35.4 Å². The molecule has 0 amide bonds. The summed E-state index contributed by atoms with van der Waals surface area (Å²) in [5.74, 6) is 0. The largest absolute Gasteiger partial charge is 0.378 e. The lowest BCUT2D eigenvalue weighted by Gasteiger charge is -2.22. The number of ether oxygens (including phenoxy) is 1. The first-order chi connectivity index (χ1) is 8.83. The molecule has 0 radical (unpaired) electrons. The van der Waals surface area contributed by atoms with Crippen molar-refractivity contribution in [1.29, 1.82) is 0 Å².